The third-order valence-corrected chi connectivity index (χ3v) is 3.53. The molecule has 98 valence electrons. The van der Waals surface area contributed by atoms with Gasteiger partial charge < -0.3 is 4.90 Å². The summed E-state index contributed by atoms with van der Waals surface area (Å²) >= 11 is 0. The number of hydrogen-bond acceptors (Lipinski definition) is 4. The highest BCUT2D eigenvalue weighted by Crippen LogP contribution is 2.33. The molecule has 2 aromatic rings. The maximum atomic E-state index is 4.65. The van der Waals surface area contributed by atoms with Gasteiger partial charge in [-0.15, -0.1) is 0 Å². The predicted molar refractivity (Wildman–Crippen MR) is 75.1 cm³/mol. The standard InChI is InChI=1S/C15H18N4/c1-11-9-16-15(17-10-11)19-8-4-7-14(19)13-6-3-5-12(2)18-13/h3,5-6,9-10,14H,4,7-8H2,1-2H3. The summed E-state index contributed by atoms with van der Waals surface area (Å²) in [6, 6.07) is 6.52. The molecular weight excluding hydrogens is 236 g/mol. The van der Waals surface area contributed by atoms with E-state index in [0.717, 1.165) is 42.3 Å². The van der Waals surface area contributed by atoms with Crippen molar-refractivity contribution in [2.24, 2.45) is 0 Å². The van der Waals surface area contributed by atoms with Crippen molar-refractivity contribution in [2.45, 2.75) is 32.7 Å². The zero-order valence-electron chi connectivity index (χ0n) is 11.4. The molecule has 3 rings (SSSR count). The second-order valence-corrected chi connectivity index (χ2v) is 5.12. The molecule has 0 N–H and O–H groups in total. The van der Waals surface area contributed by atoms with Crippen LogP contribution in [0.15, 0.2) is 30.6 Å². The monoisotopic (exact) mass is 254 g/mol. The number of rotatable bonds is 2. The molecule has 0 spiro atoms. The Kier molecular flexibility index (Phi) is 3.15. The van der Waals surface area contributed by atoms with Crippen molar-refractivity contribution in [1.82, 2.24) is 15.0 Å². The van der Waals surface area contributed by atoms with Crippen LogP contribution in [0.3, 0.4) is 0 Å². The smallest absolute Gasteiger partial charge is 0.225 e. The molecule has 0 saturated carbocycles. The molecular formula is C15H18N4. The largest absolute Gasteiger partial charge is 0.332 e. The summed E-state index contributed by atoms with van der Waals surface area (Å²) in [7, 11) is 0. The van der Waals surface area contributed by atoms with Crippen molar-refractivity contribution in [3.63, 3.8) is 0 Å². The lowest BCUT2D eigenvalue weighted by atomic mass is 10.1. The molecule has 1 unspecified atom stereocenters. The summed E-state index contributed by atoms with van der Waals surface area (Å²) in [6.45, 7) is 5.04. The molecule has 0 aliphatic carbocycles. The Hall–Kier alpha value is -1.97. The van der Waals surface area contributed by atoms with Crippen molar-refractivity contribution >= 4 is 5.95 Å². The summed E-state index contributed by atoms with van der Waals surface area (Å²) in [5.74, 6) is 0.816. The molecule has 1 saturated heterocycles. The van der Waals surface area contributed by atoms with Crippen molar-refractivity contribution in [3.05, 3.63) is 47.5 Å². The van der Waals surface area contributed by atoms with Gasteiger partial charge in [0.15, 0.2) is 0 Å². The van der Waals surface area contributed by atoms with Crippen LogP contribution < -0.4 is 4.90 Å². The van der Waals surface area contributed by atoms with E-state index in [0.29, 0.717) is 6.04 Å². The molecule has 0 radical (unpaired) electrons. The van der Waals surface area contributed by atoms with Gasteiger partial charge in [-0.25, -0.2) is 9.97 Å². The van der Waals surface area contributed by atoms with Crippen LogP contribution in [0, 0.1) is 13.8 Å². The van der Waals surface area contributed by atoms with E-state index < -0.39 is 0 Å². The molecule has 4 heteroatoms. The SMILES string of the molecule is Cc1cnc(N2CCCC2c2cccc(C)n2)nc1. The van der Waals surface area contributed by atoms with Crippen LogP contribution >= 0.6 is 0 Å². The first kappa shape index (κ1) is 12.1. The molecule has 19 heavy (non-hydrogen) atoms. The Balaban J connectivity index is 1.91. The number of nitrogens with zero attached hydrogens (tertiary/aromatic N) is 4. The molecule has 0 aromatic carbocycles. The second-order valence-electron chi connectivity index (χ2n) is 5.12. The van der Waals surface area contributed by atoms with Gasteiger partial charge in [-0.3, -0.25) is 4.98 Å². The van der Waals surface area contributed by atoms with Crippen LogP contribution in [-0.4, -0.2) is 21.5 Å². The first-order chi connectivity index (χ1) is 9.24. The minimum atomic E-state index is 0.308. The van der Waals surface area contributed by atoms with E-state index in [1.165, 1.54) is 0 Å². The van der Waals surface area contributed by atoms with Gasteiger partial charge in [0.2, 0.25) is 5.95 Å². The minimum Gasteiger partial charge on any atom is -0.332 e. The van der Waals surface area contributed by atoms with E-state index in [9.17, 15) is 0 Å². The zero-order valence-corrected chi connectivity index (χ0v) is 11.4. The Morgan fingerprint density at radius 2 is 1.95 bits per heavy atom. The maximum absolute atomic E-state index is 4.65. The quantitative estimate of drug-likeness (QED) is 0.826. The minimum absolute atomic E-state index is 0.308. The van der Waals surface area contributed by atoms with E-state index in [1.807, 2.05) is 32.3 Å². The lowest BCUT2D eigenvalue weighted by molar-refractivity contribution is 0.676. The maximum Gasteiger partial charge on any atom is 0.225 e. The van der Waals surface area contributed by atoms with E-state index in [4.69, 9.17) is 0 Å². The molecule has 1 aliphatic rings. The highest BCUT2D eigenvalue weighted by molar-refractivity contribution is 5.36. The van der Waals surface area contributed by atoms with E-state index >= 15 is 0 Å². The van der Waals surface area contributed by atoms with Crippen LogP contribution in [0.4, 0.5) is 5.95 Å². The molecule has 3 heterocycles. The van der Waals surface area contributed by atoms with Crippen molar-refractivity contribution in [3.8, 4) is 0 Å². The highest BCUT2D eigenvalue weighted by atomic mass is 15.3. The first-order valence-electron chi connectivity index (χ1n) is 6.73. The molecule has 2 aromatic heterocycles. The van der Waals surface area contributed by atoms with Gasteiger partial charge >= 0.3 is 0 Å². The summed E-state index contributed by atoms with van der Waals surface area (Å²) in [6.07, 6.45) is 6.04. The normalized spacial score (nSPS) is 18.8. The summed E-state index contributed by atoms with van der Waals surface area (Å²) in [5.41, 5.74) is 3.28. The fraction of sp³-hybridized carbons (Fsp3) is 0.400. The Morgan fingerprint density at radius 3 is 2.68 bits per heavy atom. The van der Waals surface area contributed by atoms with Crippen LogP contribution in [-0.2, 0) is 0 Å². The second kappa shape index (κ2) is 4.96. The van der Waals surface area contributed by atoms with E-state index in [1.54, 1.807) is 0 Å². The van der Waals surface area contributed by atoms with Crippen LogP contribution in [0.25, 0.3) is 0 Å². The van der Waals surface area contributed by atoms with Gasteiger partial charge in [0.1, 0.15) is 0 Å². The number of pyridine rings is 1. The summed E-state index contributed by atoms with van der Waals surface area (Å²) in [5, 5.41) is 0. The predicted octanol–water partition coefficient (Wildman–Crippen LogP) is 2.83. The van der Waals surface area contributed by atoms with Gasteiger partial charge in [-0.1, -0.05) is 6.07 Å². The number of aryl methyl sites for hydroxylation is 2. The third-order valence-electron chi connectivity index (χ3n) is 3.53. The zero-order chi connectivity index (χ0) is 13.2. The average Bonchev–Trinajstić information content (AvgIpc) is 2.89. The first-order valence-corrected chi connectivity index (χ1v) is 6.73. The van der Waals surface area contributed by atoms with Gasteiger partial charge in [0.25, 0.3) is 0 Å². The Labute approximate surface area is 113 Å². The van der Waals surface area contributed by atoms with Crippen molar-refractivity contribution in [2.75, 3.05) is 11.4 Å². The number of hydrogen-bond donors (Lipinski definition) is 0. The summed E-state index contributed by atoms with van der Waals surface area (Å²) in [4.78, 5) is 15.8. The lowest BCUT2D eigenvalue weighted by Crippen LogP contribution is -2.25. The highest BCUT2D eigenvalue weighted by Gasteiger charge is 2.28. The molecule has 1 fully saturated rings. The van der Waals surface area contributed by atoms with Gasteiger partial charge in [-0.2, -0.15) is 0 Å². The molecule has 4 nitrogen and oxygen atoms in total. The Morgan fingerprint density at radius 1 is 1.16 bits per heavy atom. The van der Waals surface area contributed by atoms with Crippen molar-refractivity contribution in [1.29, 1.82) is 0 Å². The molecule has 1 atom stereocenters. The summed E-state index contributed by atoms with van der Waals surface area (Å²) < 4.78 is 0. The van der Waals surface area contributed by atoms with Crippen LogP contribution in [0.2, 0.25) is 0 Å². The van der Waals surface area contributed by atoms with Crippen LogP contribution in [0.5, 0.6) is 0 Å². The molecule has 1 aliphatic heterocycles. The van der Waals surface area contributed by atoms with Gasteiger partial charge in [0.05, 0.1) is 11.7 Å². The van der Waals surface area contributed by atoms with Gasteiger partial charge in [0, 0.05) is 24.6 Å². The number of aromatic nitrogens is 3. The topological polar surface area (TPSA) is 41.9 Å². The van der Waals surface area contributed by atoms with Gasteiger partial charge in [-0.05, 0) is 44.4 Å². The lowest BCUT2D eigenvalue weighted by Gasteiger charge is -2.24. The fourth-order valence-corrected chi connectivity index (χ4v) is 2.60. The van der Waals surface area contributed by atoms with E-state index in [2.05, 4.69) is 32.0 Å². The van der Waals surface area contributed by atoms with Crippen LogP contribution in [0.1, 0.15) is 35.8 Å². The third kappa shape index (κ3) is 2.43. The molecule has 0 bridgehead atoms. The number of anilines is 1. The van der Waals surface area contributed by atoms with Crippen molar-refractivity contribution < 1.29 is 0 Å². The van der Waals surface area contributed by atoms with E-state index in [-0.39, 0.29) is 0 Å². The Bertz CT molecular complexity index is 565. The molecule has 0 amide bonds. The fourth-order valence-electron chi connectivity index (χ4n) is 2.60. The average molecular weight is 254 g/mol.